The molecular weight excluding hydrogens is 332 g/mol. The quantitative estimate of drug-likeness (QED) is 0.580. The SMILES string of the molecule is O=c1[nH]nc(-c2cccc(Cl)c2)nc1Cc1ccccc1[N+](=O)[O-]. The second kappa shape index (κ2) is 6.59. The van der Waals surface area contributed by atoms with Crippen molar-refractivity contribution >= 4 is 17.3 Å². The van der Waals surface area contributed by atoms with E-state index >= 15 is 0 Å². The van der Waals surface area contributed by atoms with Crippen LogP contribution in [-0.4, -0.2) is 20.1 Å². The highest BCUT2D eigenvalue weighted by atomic mass is 35.5. The fraction of sp³-hybridized carbons (Fsp3) is 0.0625. The number of nitro benzene ring substituents is 1. The molecule has 120 valence electrons. The van der Waals surface area contributed by atoms with Crippen LogP contribution in [-0.2, 0) is 6.42 Å². The minimum atomic E-state index is -0.487. The lowest BCUT2D eigenvalue weighted by Crippen LogP contribution is -2.18. The number of aromatic amines is 1. The molecule has 8 heteroatoms. The van der Waals surface area contributed by atoms with E-state index in [1.165, 1.54) is 6.07 Å². The summed E-state index contributed by atoms with van der Waals surface area (Å²) in [5.74, 6) is 0.297. The summed E-state index contributed by atoms with van der Waals surface area (Å²) in [5, 5.41) is 17.9. The van der Waals surface area contributed by atoms with Crippen LogP contribution in [0.15, 0.2) is 53.3 Å². The van der Waals surface area contributed by atoms with Gasteiger partial charge in [-0.25, -0.2) is 10.1 Å². The first kappa shape index (κ1) is 15.8. The van der Waals surface area contributed by atoms with E-state index in [1.54, 1.807) is 42.5 Å². The number of benzene rings is 2. The maximum atomic E-state index is 12.0. The summed E-state index contributed by atoms with van der Waals surface area (Å²) in [6, 6.07) is 13.1. The summed E-state index contributed by atoms with van der Waals surface area (Å²) >= 11 is 5.95. The van der Waals surface area contributed by atoms with Gasteiger partial charge in [-0.15, -0.1) is 0 Å². The van der Waals surface area contributed by atoms with Crippen LogP contribution in [0, 0.1) is 10.1 Å². The third kappa shape index (κ3) is 3.31. The van der Waals surface area contributed by atoms with Crippen LogP contribution in [0.5, 0.6) is 0 Å². The molecule has 0 atom stereocenters. The number of hydrogen-bond acceptors (Lipinski definition) is 5. The Balaban J connectivity index is 2.02. The topological polar surface area (TPSA) is 102 Å². The third-order valence-corrected chi connectivity index (χ3v) is 3.63. The Morgan fingerprint density at radius 2 is 1.96 bits per heavy atom. The number of H-pyrrole nitrogens is 1. The molecule has 3 rings (SSSR count). The fourth-order valence-corrected chi connectivity index (χ4v) is 2.46. The van der Waals surface area contributed by atoms with E-state index in [4.69, 9.17) is 11.6 Å². The third-order valence-electron chi connectivity index (χ3n) is 3.40. The van der Waals surface area contributed by atoms with Crippen molar-refractivity contribution in [3.8, 4) is 11.4 Å². The second-order valence-corrected chi connectivity index (χ2v) is 5.44. The summed E-state index contributed by atoms with van der Waals surface area (Å²) in [4.78, 5) is 26.8. The highest BCUT2D eigenvalue weighted by molar-refractivity contribution is 6.30. The summed E-state index contributed by atoms with van der Waals surface area (Å²) in [6.07, 6.45) is 0.0303. The molecule has 0 spiro atoms. The molecule has 24 heavy (non-hydrogen) atoms. The lowest BCUT2D eigenvalue weighted by Gasteiger charge is -2.04. The van der Waals surface area contributed by atoms with Crippen LogP contribution in [0.2, 0.25) is 5.02 Å². The molecule has 2 aromatic carbocycles. The van der Waals surface area contributed by atoms with Gasteiger partial charge in [0, 0.05) is 28.6 Å². The number of hydrogen-bond donors (Lipinski definition) is 1. The van der Waals surface area contributed by atoms with Gasteiger partial charge in [0.2, 0.25) is 0 Å². The molecule has 1 heterocycles. The first-order valence-electron chi connectivity index (χ1n) is 6.98. The summed E-state index contributed by atoms with van der Waals surface area (Å²) < 4.78 is 0. The van der Waals surface area contributed by atoms with Crippen LogP contribution in [0.4, 0.5) is 5.69 Å². The Bertz CT molecular complexity index is 971. The van der Waals surface area contributed by atoms with Gasteiger partial charge in [0.1, 0.15) is 5.69 Å². The Hall–Kier alpha value is -3.06. The van der Waals surface area contributed by atoms with E-state index in [-0.39, 0.29) is 17.8 Å². The average molecular weight is 343 g/mol. The Morgan fingerprint density at radius 1 is 1.17 bits per heavy atom. The van der Waals surface area contributed by atoms with Crippen LogP contribution in [0.1, 0.15) is 11.3 Å². The van der Waals surface area contributed by atoms with Gasteiger partial charge in [0.05, 0.1) is 4.92 Å². The normalized spacial score (nSPS) is 10.5. The maximum absolute atomic E-state index is 12.0. The van der Waals surface area contributed by atoms with Crippen molar-refractivity contribution < 1.29 is 4.92 Å². The molecule has 0 aliphatic carbocycles. The molecule has 0 bridgehead atoms. The van der Waals surface area contributed by atoms with Crippen molar-refractivity contribution in [2.24, 2.45) is 0 Å². The van der Waals surface area contributed by atoms with Gasteiger partial charge in [0.15, 0.2) is 5.82 Å². The second-order valence-electron chi connectivity index (χ2n) is 5.01. The molecule has 0 amide bonds. The molecule has 0 saturated heterocycles. The van der Waals surface area contributed by atoms with E-state index in [0.717, 1.165) is 0 Å². The monoisotopic (exact) mass is 342 g/mol. The van der Waals surface area contributed by atoms with Gasteiger partial charge in [-0.1, -0.05) is 41.9 Å². The molecule has 1 N–H and O–H groups in total. The maximum Gasteiger partial charge on any atom is 0.286 e. The van der Waals surface area contributed by atoms with Gasteiger partial charge < -0.3 is 0 Å². The number of nitrogens with one attached hydrogen (secondary N) is 1. The molecule has 0 unspecified atom stereocenters. The van der Waals surface area contributed by atoms with Gasteiger partial charge in [-0.3, -0.25) is 14.9 Å². The summed E-state index contributed by atoms with van der Waals surface area (Å²) in [6.45, 7) is 0. The Kier molecular flexibility index (Phi) is 4.35. The summed E-state index contributed by atoms with van der Waals surface area (Å²) in [5.41, 5.74) is 0.652. The minimum absolute atomic E-state index is 0.0303. The standard InChI is InChI=1S/C16H11ClN4O3/c17-12-6-3-5-11(8-12)15-18-13(16(22)20-19-15)9-10-4-1-2-7-14(10)21(23)24/h1-8H,9H2,(H,20,22). The van der Waals surface area contributed by atoms with Crippen LogP contribution in [0.25, 0.3) is 11.4 Å². The smallest absolute Gasteiger partial charge is 0.266 e. The number of para-hydroxylation sites is 1. The van der Waals surface area contributed by atoms with Crippen molar-refractivity contribution in [3.63, 3.8) is 0 Å². The predicted octanol–water partition coefficient (Wildman–Crippen LogP) is 2.98. The minimum Gasteiger partial charge on any atom is -0.266 e. The zero-order valence-corrected chi connectivity index (χ0v) is 13.0. The molecule has 0 fully saturated rings. The highest BCUT2D eigenvalue weighted by Crippen LogP contribution is 2.21. The fourth-order valence-electron chi connectivity index (χ4n) is 2.27. The number of rotatable bonds is 4. The number of halogens is 1. The van der Waals surface area contributed by atoms with E-state index < -0.39 is 10.5 Å². The van der Waals surface area contributed by atoms with Crippen molar-refractivity contribution in [1.29, 1.82) is 0 Å². The molecular formula is C16H11ClN4O3. The van der Waals surface area contributed by atoms with Crippen LogP contribution < -0.4 is 5.56 Å². The van der Waals surface area contributed by atoms with Crippen LogP contribution in [0.3, 0.4) is 0 Å². The molecule has 0 aliphatic heterocycles. The average Bonchev–Trinajstić information content (AvgIpc) is 2.57. The molecule has 0 aliphatic rings. The van der Waals surface area contributed by atoms with E-state index in [1.807, 2.05) is 0 Å². The van der Waals surface area contributed by atoms with Gasteiger partial charge in [-0.2, -0.15) is 5.10 Å². The predicted molar refractivity (Wildman–Crippen MR) is 89.0 cm³/mol. The largest absolute Gasteiger partial charge is 0.286 e. The molecule has 3 aromatic rings. The molecule has 1 aromatic heterocycles. The van der Waals surface area contributed by atoms with Gasteiger partial charge in [-0.05, 0) is 12.1 Å². The van der Waals surface area contributed by atoms with Crippen molar-refractivity contribution in [3.05, 3.63) is 85.3 Å². The van der Waals surface area contributed by atoms with Crippen LogP contribution >= 0.6 is 11.6 Å². The van der Waals surface area contributed by atoms with Crippen molar-refractivity contribution in [2.45, 2.75) is 6.42 Å². The van der Waals surface area contributed by atoms with Crippen molar-refractivity contribution in [2.75, 3.05) is 0 Å². The Labute approximate surface area is 141 Å². The zero-order valence-electron chi connectivity index (χ0n) is 12.3. The van der Waals surface area contributed by atoms with Gasteiger partial charge in [0.25, 0.3) is 11.2 Å². The first-order chi connectivity index (χ1) is 11.5. The Morgan fingerprint density at radius 3 is 2.71 bits per heavy atom. The van der Waals surface area contributed by atoms with Crippen molar-refractivity contribution in [1.82, 2.24) is 15.2 Å². The van der Waals surface area contributed by atoms with Gasteiger partial charge >= 0.3 is 0 Å². The molecule has 7 nitrogen and oxygen atoms in total. The number of nitrogens with zero attached hydrogens (tertiary/aromatic N) is 3. The summed E-state index contributed by atoms with van der Waals surface area (Å²) in [7, 11) is 0. The highest BCUT2D eigenvalue weighted by Gasteiger charge is 2.16. The lowest BCUT2D eigenvalue weighted by atomic mass is 10.1. The van der Waals surface area contributed by atoms with E-state index in [0.29, 0.717) is 22.0 Å². The van der Waals surface area contributed by atoms with E-state index in [9.17, 15) is 14.9 Å². The molecule has 0 saturated carbocycles. The molecule has 0 radical (unpaired) electrons. The lowest BCUT2D eigenvalue weighted by molar-refractivity contribution is -0.385. The first-order valence-corrected chi connectivity index (χ1v) is 7.36. The van der Waals surface area contributed by atoms with E-state index in [2.05, 4.69) is 15.2 Å². The number of nitro groups is 1. The zero-order chi connectivity index (χ0) is 17.1. The number of aromatic nitrogens is 3.